The van der Waals surface area contributed by atoms with Crippen molar-refractivity contribution in [3.05, 3.63) is 69.1 Å². The van der Waals surface area contributed by atoms with Gasteiger partial charge in [0, 0.05) is 19.2 Å². The van der Waals surface area contributed by atoms with E-state index in [1.807, 2.05) is 19.1 Å². The van der Waals surface area contributed by atoms with Crippen LogP contribution >= 0.6 is 11.6 Å². The Balaban J connectivity index is 1.74. The maximum atomic E-state index is 12.8. The molecule has 2 aromatic carbocycles. The van der Waals surface area contributed by atoms with Gasteiger partial charge in [-0.05, 0) is 44.2 Å². The molecule has 0 unspecified atom stereocenters. The predicted octanol–water partition coefficient (Wildman–Crippen LogP) is 3.53. The second kappa shape index (κ2) is 8.44. The number of rotatable bonds is 6. The summed E-state index contributed by atoms with van der Waals surface area (Å²) in [5.41, 5.74) is 2.18. The molecule has 28 heavy (non-hydrogen) atoms. The first-order valence-electron chi connectivity index (χ1n) is 9.06. The minimum absolute atomic E-state index is 0.108. The first-order valence-corrected chi connectivity index (χ1v) is 9.44. The normalized spacial score (nSPS) is 10.9. The van der Waals surface area contributed by atoms with E-state index in [0.29, 0.717) is 47.2 Å². The second-order valence-electron chi connectivity index (χ2n) is 6.46. The molecule has 3 rings (SSSR count). The van der Waals surface area contributed by atoms with Gasteiger partial charge < -0.3 is 14.2 Å². The van der Waals surface area contributed by atoms with Crippen LogP contribution in [-0.2, 0) is 6.54 Å². The third kappa shape index (κ3) is 4.02. The van der Waals surface area contributed by atoms with Gasteiger partial charge in [0.1, 0.15) is 18.1 Å². The smallest absolute Gasteiger partial charge is 0.272 e. The number of likely N-dealkylation sites (N-methyl/N-ethyl adjacent to an activating group) is 1. The molecular weight excluding hydrogens is 378 g/mol. The van der Waals surface area contributed by atoms with Crippen LogP contribution in [0.3, 0.4) is 0 Å². The number of benzene rings is 2. The number of nitrogens with zero attached hydrogens (tertiary/aromatic N) is 3. The first kappa shape index (κ1) is 19.9. The van der Waals surface area contributed by atoms with E-state index in [9.17, 15) is 9.59 Å². The summed E-state index contributed by atoms with van der Waals surface area (Å²) in [5, 5.41) is 0.537. The number of ether oxygens (including phenoxy) is 1. The molecule has 0 atom stereocenters. The molecule has 0 aliphatic carbocycles. The maximum absolute atomic E-state index is 12.8. The summed E-state index contributed by atoms with van der Waals surface area (Å²) in [6, 6.07) is 12.4. The largest absolute Gasteiger partial charge is 0.490 e. The standard InChI is InChI=1S/C21H22ClN3O3/c1-4-25-18-10-9-15(13-17(18)23-14(2)20(25)26)21(27)24(3)11-12-28-19-8-6-5-7-16(19)22/h5-10,13H,4,11-12H2,1-3H3. The molecule has 0 aliphatic heterocycles. The lowest BCUT2D eigenvalue weighted by Crippen LogP contribution is -2.31. The van der Waals surface area contributed by atoms with Crippen LogP contribution in [0.15, 0.2) is 47.3 Å². The van der Waals surface area contributed by atoms with Crippen LogP contribution in [0, 0.1) is 6.92 Å². The molecule has 0 spiro atoms. The summed E-state index contributed by atoms with van der Waals surface area (Å²) in [6.45, 7) is 4.87. The molecule has 6 nitrogen and oxygen atoms in total. The van der Waals surface area contributed by atoms with Gasteiger partial charge in [-0.15, -0.1) is 0 Å². The minimum atomic E-state index is -0.140. The van der Waals surface area contributed by atoms with Crippen molar-refractivity contribution >= 4 is 28.5 Å². The van der Waals surface area contributed by atoms with E-state index in [2.05, 4.69) is 4.98 Å². The second-order valence-corrected chi connectivity index (χ2v) is 6.86. The summed E-state index contributed by atoms with van der Waals surface area (Å²) in [4.78, 5) is 30.9. The Labute approximate surface area is 168 Å². The van der Waals surface area contributed by atoms with Crippen molar-refractivity contribution < 1.29 is 9.53 Å². The number of hydrogen-bond acceptors (Lipinski definition) is 4. The van der Waals surface area contributed by atoms with Gasteiger partial charge in [-0.25, -0.2) is 4.98 Å². The average molecular weight is 400 g/mol. The Hall–Kier alpha value is -2.86. The van der Waals surface area contributed by atoms with Gasteiger partial charge in [0.2, 0.25) is 0 Å². The fourth-order valence-corrected chi connectivity index (χ4v) is 3.19. The van der Waals surface area contributed by atoms with Gasteiger partial charge in [-0.1, -0.05) is 23.7 Å². The van der Waals surface area contributed by atoms with Crippen molar-refractivity contribution in [3.63, 3.8) is 0 Å². The van der Waals surface area contributed by atoms with Crippen LogP contribution in [0.1, 0.15) is 23.0 Å². The number of amides is 1. The fourth-order valence-electron chi connectivity index (χ4n) is 3.00. The minimum Gasteiger partial charge on any atom is -0.490 e. The van der Waals surface area contributed by atoms with Gasteiger partial charge in [0.25, 0.3) is 11.5 Å². The molecule has 7 heteroatoms. The molecule has 1 heterocycles. The average Bonchev–Trinajstić information content (AvgIpc) is 2.69. The molecule has 0 aliphatic rings. The quantitative estimate of drug-likeness (QED) is 0.636. The zero-order chi connectivity index (χ0) is 20.3. The van der Waals surface area contributed by atoms with Crippen LogP contribution < -0.4 is 10.3 Å². The Morgan fingerprint density at radius 1 is 1.25 bits per heavy atom. The Kier molecular flexibility index (Phi) is 5.99. The van der Waals surface area contributed by atoms with Crippen molar-refractivity contribution in [1.82, 2.24) is 14.5 Å². The molecule has 0 saturated heterocycles. The lowest BCUT2D eigenvalue weighted by atomic mass is 10.1. The lowest BCUT2D eigenvalue weighted by molar-refractivity contribution is 0.0774. The van der Waals surface area contributed by atoms with Gasteiger partial charge in [-0.3, -0.25) is 9.59 Å². The number of hydrogen-bond donors (Lipinski definition) is 0. The van der Waals surface area contributed by atoms with Gasteiger partial charge in [0.15, 0.2) is 0 Å². The van der Waals surface area contributed by atoms with Crippen molar-refractivity contribution in [3.8, 4) is 5.75 Å². The van der Waals surface area contributed by atoms with Crippen LogP contribution in [0.2, 0.25) is 5.02 Å². The zero-order valence-corrected chi connectivity index (χ0v) is 16.9. The summed E-state index contributed by atoms with van der Waals surface area (Å²) in [7, 11) is 1.72. The number of carbonyl (C=O) groups excluding carboxylic acids is 1. The van der Waals surface area contributed by atoms with E-state index in [1.165, 1.54) is 0 Å². The van der Waals surface area contributed by atoms with Crippen molar-refractivity contribution in [2.24, 2.45) is 0 Å². The topological polar surface area (TPSA) is 64.4 Å². The molecule has 0 radical (unpaired) electrons. The number of aryl methyl sites for hydroxylation is 2. The number of carbonyl (C=O) groups is 1. The van der Waals surface area contributed by atoms with E-state index in [4.69, 9.17) is 16.3 Å². The van der Waals surface area contributed by atoms with Gasteiger partial charge in [0.05, 0.1) is 22.6 Å². The highest BCUT2D eigenvalue weighted by Crippen LogP contribution is 2.23. The molecule has 0 N–H and O–H groups in total. The summed E-state index contributed by atoms with van der Waals surface area (Å²) >= 11 is 6.07. The Bertz CT molecular complexity index is 1080. The van der Waals surface area contributed by atoms with E-state index < -0.39 is 0 Å². The number of halogens is 1. The molecule has 0 saturated carbocycles. The highest BCUT2D eigenvalue weighted by Gasteiger charge is 2.15. The zero-order valence-electron chi connectivity index (χ0n) is 16.1. The molecular formula is C21H22ClN3O3. The molecule has 3 aromatic rings. The van der Waals surface area contributed by atoms with Crippen LogP contribution in [-0.4, -0.2) is 40.6 Å². The summed E-state index contributed by atoms with van der Waals surface area (Å²) in [5.74, 6) is 0.450. The fraction of sp³-hybridized carbons (Fsp3) is 0.286. The lowest BCUT2D eigenvalue weighted by Gasteiger charge is -2.18. The van der Waals surface area contributed by atoms with Crippen LogP contribution in [0.4, 0.5) is 0 Å². The van der Waals surface area contributed by atoms with E-state index >= 15 is 0 Å². The number of aromatic nitrogens is 2. The number of para-hydroxylation sites is 1. The van der Waals surface area contributed by atoms with E-state index in [-0.39, 0.29) is 11.5 Å². The Morgan fingerprint density at radius 2 is 2.00 bits per heavy atom. The van der Waals surface area contributed by atoms with Crippen LogP contribution in [0.25, 0.3) is 11.0 Å². The molecule has 1 aromatic heterocycles. The predicted molar refractivity (Wildman–Crippen MR) is 110 cm³/mol. The van der Waals surface area contributed by atoms with Gasteiger partial charge in [-0.2, -0.15) is 0 Å². The SMILES string of the molecule is CCn1c(=O)c(C)nc2cc(C(=O)N(C)CCOc3ccccc3Cl)ccc21. The summed E-state index contributed by atoms with van der Waals surface area (Å²) < 4.78 is 7.31. The third-order valence-corrected chi connectivity index (χ3v) is 4.85. The maximum Gasteiger partial charge on any atom is 0.272 e. The Morgan fingerprint density at radius 3 is 2.71 bits per heavy atom. The van der Waals surface area contributed by atoms with E-state index in [1.54, 1.807) is 53.8 Å². The van der Waals surface area contributed by atoms with Gasteiger partial charge >= 0.3 is 0 Å². The first-order chi connectivity index (χ1) is 13.4. The molecule has 1 amide bonds. The monoisotopic (exact) mass is 399 g/mol. The third-order valence-electron chi connectivity index (χ3n) is 4.54. The highest BCUT2D eigenvalue weighted by molar-refractivity contribution is 6.32. The highest BCUT2D eigenvalue weighted by atomic mass is 35.5. The number of fused-ring (bicyclic) bond motifs is 1. The van der Waals surface area contributed by atoms with Crippen molar-refractivity contribution in [2.45, 2.75) is 20.4 Å². The molecule has 0 bridgehead atoms. The summed E-state index contributed by atoms with van der Waals surface area (Å²) in [6.07, 6.45) is 0. The van der Waals surface area contributed by atoms with Crippen molar-refractivity contribution in [1.29, 1.82) is 0 Å². The molecule has 146 valence electrons. The van der Waals surface area contributed by atoms with Crippen molar-refractivity contribution in [2.75, 3.05) is 20.2 Å². The molecule has 0 fully saturated rings. The van der Waals surface area contributed by atoms with Crippen LogP contribution in [0.5, 0.6) is 5.75 Å². The van der Waals surface area contributed by atoms with E-state index in [0.717, 1.165) is 5.52 Å².